The van der Waals surface area contributed by atoms with Crippen LogP contribution in [0.4, 0.5) is 9.59 Å². The van der Waals surface area contributed by atoms with Gasteiger partial charge < -0.3 is 23.8 Å². The van der Waals surface area contributed by atoms with Gasteiger partial charge in [0.15, 0.2) is 0 Å². The normalized spacial score (nSPS) is 13.5. The Balaban J connectivity index is 3.74. The molecule has 0 radical (unpaired) electrons. The van der Waals surface area contributed by atoms with E-state index in [4.69, 9.17) is 9.84 Å². The van der Waals surface area contributed by atoms with Gasteiger partial charge in [-0.05, 0) is 13.8 Å². The molecule has 0 rings (SSSR count). The zero-order valence-electron chi connectivity index (χ0n) is 9.04. The number of hydrogen-bond acceptors (Lipinski definition) is 7. The molecule has 16 heavy (non-hydrogen) atoms. The highest BCUT2D eigenvalue weighted by atomic mass is 31.0. The Morgan fingerprint density at radius 2 is 1.75 bits per heavy atom. The zero-order chi connectivity index (χ0) is 12.6. The number of rotatable bonds is 5. The first-order chi connectivity index (χ1) is 7.49. The Morgan fingerprint density at radius 3 is 2.25 bits per heavy atom. The van der Waals surface area contributed by atoms with Crippen molar-refractivity contribution in [2.45, 2.75) is 26.1 Å². The van der Waals surface area contributed by atoms with Crippen LogP contribution in [0.1, 0.15) is 13.8 Å². The summed E-state index contributed by atoms with van der Waals surface area (Å²) in [6.45, 7) is 2.59. The highest BCUT2D eigenvalue weighted by Crippen LogP contribution is 2.00. The number of hydrogen-bond donors (Lipinski definition) is 1. The molecule has 3 atom stereocenters. The van der Waals surface area contributed by atoms with Crippen LogP contribution in [-0.2, 0) is 18.7 Å². The van der Waals surface area contributed by atoms with Crippen LogP contribution < -0.4 is 0 Å². The van der Waals surface area contributed by atoms with Gasteiger partial charge >= 0.3 is 12.3 Å². The van der Waals surface area contributed by atoms with Crippen LogP contribution in [-0.4, -0.2) is 42.8 Å². The molecule has 0 saturated carbocycles. The molecule has 1 N–H and O–H groups in total. The molecule has 0 saturated heterocycles. The van der Waals surface area contributed by atoms with Gasteiger partial charge in [0.05, 0.1) is 16.1 Å². The Hall–Kier alpha value is -1.07. The summed E-state index contributed by atoms with van der Waals surface area (Å²) < 4.78 is 18.0. The summed E-state index contributed by atoms with van der Waals surface area (Å²) >= 11 is 0. The molecule has 7 nitrogen and oxygen atoms in total. The predicted molar refractivity (Wildman–Crippen MR) is 55.7 cm³/mol. The summed E-state index contributed by atoms with van der Waals surface area (Å²) in [7, 11) is 1.73. The Labute approximate surface area is 95.3 Å². The van der Waals surface area contributed by atoms with Crippen LogP contribution >= 0.6 is 9.47 Å². The Kier molecular flexibility index (Phi) is 7.58. The lowest BCUT2D eigenvalue weighted by Crippen LogP contribution is -2.26. The second-order valence-corrected chi connectivity index (χ2v) is 3.20. The van der Waals surface area contributed by atoms with Crippen molar-refractivity contribution in [2.75, 3.05) is 13.2 Å². The molecule has 0 aromatic carbocycles. The number of aliphatic hydroxyl groups is 1. The number of ether oxygens (including phenoxy) is 3. The summed E-state index contributed by atoms with van der Waals surface area (Å²) in [5.41, 5.74) is 0. The highest BCUT2D eigenvalue weighted by Gasteiger charge is 2.15. The minimum absolute atomic E-state index is 0.143. The first kappa shape index (κ1) is 14.9. The van der Waals surface area contributed by atoms with Crippen LogP contribution in [0.15, 0.2) is 0 Å². The molecule has 0 heterocycles. The van der Waals surface area contributed by atoms with E-state index in [9.17, 15) is 9.59 Å². The summed E-state index contributed by atoms with van der Waals surface area (Å²) in [6, 6.07) is 0. The predicted octanol–water partition coefficient (Wildman–Crippen LogP) is 0.852. The van der Waals surface area contributed by atoms with Crippen molar-refractivity contribution in [3.8, 4) is 0 Å². The standard InChI is InChI=1S/C8H15O7P/c1-5(3-9)13-8(11)14-6(2)4-12-7(10)15-16/h5-6,9H,3-4,16H2,1-2H3. The van der Waals surface area contributed by atoms with Crippen molar-refractivity contribution in [1.82, 2.24) is 0 Å². The third kappa shape index (κ3) is 7.25. The molecule has 0 spiro atoms. The van der Waals surface area contributed by atoms with Crippen LogP contribution in [0, 0.1) is 0 Å². The van der Waals surface area contributed by atoms with Crippen molar-refractivity contribution < 1.29 is 33.4 Å². The minimum Gasteiger partial charge on any atom is -0.430 e. The van der Waals surface area contributed by atoms with Crippen LogP contribution in [0.2, 0.25) is 0 Å². The third-order valence-electron chi connectivity index (χ3n) is 1.38. The van der Waals surface area contributed by atoms with Gasteiger partial charge in [-0.15, -0.1) is 0 Å². The third-order valence-corrected chi connectivity index (χ3v) is 1.58. The monoisotopic (exact) mass is 254 g/mol. The topological polar surface area (TPSA) is 91.3 Å². The molecule has 0 aliphatic carbocycles. The van der Waals surface area contributed by atoms with E-state index in [-0.39, 0.29) is 13.2 Å². The molecule has 0 amide bonds. The van der Waals surface area contributed by atoms with E-state index < -0.39 is 24.5 Å². The Bertz CT molecular complexity index is 232. The number of carbonyl (C=O) groups is 2. The second-order valence-electron chi connectivity index (χ2n) is 2.97. The molecule has 3 unspecified atom stereocenters. The van der Waals surface area contributed by atoms with Gasteiger partial charge in [0.1, 0.15) is 18.8 Å². The van der Waals surface area contributed by atoms with Gasteiger partial charge in [0, 0.05) is 0 Å². The van der Waals surface area contributed by atoms with Crippen LogP contribution in [0.5, 0.6) is 0 Å². The minimum atomic E-state index is -0.933. The smallest absolute Gasteiger partial charge is 0.430 e. The molecule has 8 heteroatoms. The number of carbonyl (C=O) groups excluding carboxylic acids is 2. The largest absolute Gasteiger partial charge is 0.510 e. The average molecular weight is 254 g/mol. The molecule has 94 valence electrons. The Morgan fingerprint density at radius 1 is 1.19 bits per heavy atom. The van der Waals surface area contributed by atoms with Gasteiger partial charge in [0.25, 0.3) is 0 Å². The molecule has 0 aliphatic heterocycles. The van der Waals surface area contributed by atoms with Crippen LogP contribution in [0.25, 0.3) is 0 Å². The molecule has 0 fully saturated rings. The van der Waals surface area contributed by atoms with Crippen molar-refractivity contribution in [3.05, 3.63) is 0 Å². The SMILES string of the molecule is CC(CO)OC(=O)OC(C)COC(=O)OP. The maximum atomic E-state index is 11.0. The van der Waals surface area contributed by atoms with E-state index in [0.29, 0.717) is 0 Å². The summed E-state index contributed by atoms with van der Waals surface area (Å²) in [6.07, 6.45) is -3.13. The molecule has 0 bridgehead atoms. The van der Waals surface area contributed by atoms with E-state index in [1.54, 1.807) is 9.47 Å². The fourth-order valence-electron chi connectivity index (χ4n) is 0.647. The quantitative estimate of drug-likeness (QED) is 0.574. The summed E-state index contributed by atoms with van der Waals surface area (Å²) in [5, 5.41) is 8.60. The van der Waals surface area contributed by atoms with E-state index in [2.05, 4.69) is 14.0 Å². The molecule has 0 aromatic rings. The second kappa shape index (κ2) is 8.13. The van der Waals surface area contributed by atoms with Crippen molar-refractivity contribution in [2.24, 2.45) is 0 Å². The van der Waals surface area contributed by atoms with E-state index in [0.717, 1.165) is 0 Å². The van der Waals surface area contributed by atoms with E-state index in [1.807, 2.05) is 0 Å². The zero-order valence-corrected chi connectivity index (χ0v) is 10.2. The van der Waals surface area contributed by atoms with E-state index in [1.165, 1.54) is 13.8 Å². The van der Waals surface area contributed by atoms with Crippen molar-refractivity contribution in [1.29, 1.82) is 0 Å². The maximum Gasteiger partial charge on any atom is 0.510 e. The summed E-state index contributed by atoms with van der Waals surface area (Å²) in [4.78, 5) is 21.6. The van der Waals surface area contributed by atoms with Crippen molar-refractivity contribution in [3.63, 3.8) is 0 Å². The van der Waals surface area contributed by atoms with Gasteiger partial charge in [-0.3, -0.25) is 0 Å². The van der Waals surface area contributed by atoms with Crippen molar-refractivity contribution >= 4 is 21.8 Å². The van der Waals surface area contributed by atoms with Gasteiger partial charge in [-0.25, -0.2) is 9.59 Å². The first-order valence-electron chi connectivity index (χ1n) is 4.51. The highest BCUT2D eigenvalue weighted by molar-refractivity contribution is 7.10. The fourth-order valence-corrected chi connectivity index (χ4v) is 0.715. The molecule has 0 aliphatic rings. The van der Waals surface area contributed by atoms with Gasteiger partial charge in [-0.1, -0.05) is 0 Å². The van der Waals surface area contributed by atoms with Gasteiger partial charge in [-0.2, -0.15) is 0 Å². The lowest BCUT2D eigenvalue weighted by molar-refractivity contribution is -0.0244. The average Bonchev–Trinajstić information content (AvgIpc) is 2.25. The van der Waals surface area contributed by atoms with E-state index >= 15 is 0 Å². The lowest BCUT2D eigenvalue weighted by atomic mass is 10.4. The molecule has 0 aromatic heterocycles. The fraction of sp³-hybridized carbons (Fsp3) is 0.750. The molecular weight excluding hydrogens is 239 g/mol. The maximum absolute atomic E-state index is 11.0. The molecular formula is C8H15O7P. The lowest BCUT2D eigenvalue weighted by Gasteiger charge is -2.14. The first-order valence-corrected chi connectivity index (χ1v) is 4.98. The number of aliphatic hydroxyl groups excluding tert-OH is 1. The summed E-state index contributed by atoms with van der Waals surface area (Å²) in [5.74, 6) is 0. The van der Waals surface area contributed by atoms with Gasteiger partial charge in [0.2, 0.25) is 0 Å². The van der Waals surface area contributed by atoms with Crippen LogP contribution in [0.3, 0.4) is 0 Å².